The van der Waals surface area contributed by atoms with Gasteiger partial charge >= 0.3 is 0 Å². The molecule has 0 spiro atoms. The second-order valence-corrected chi connectivity index (χ2v) is 7.22. The molecule has 134 valence electrons. The maximum Gasteiger partial charge on any atom is 0.265 e. The summed E-state index contributed by atoms with van der Waals surface area (Å²) in [6, 6.07) is 3.62. The number of benzene rings is 1. The topological polar surface area (TPSA) is 79.8 Å². The maximum atomic E-state index is 12.5. The van der Waals surface area contributed by atoms with Crippen LogP contribution in [0, 0.1) is 12.3 Å². The third-order valence-corrected chi connectivity index (χ3v) is 4.34. The lowest BCUT2D eigenvalue weighted by Gasteiger charge is -2.31. The van der Waals surface area contributed by atoms with E-state index in [2.05, 4.69) is 38.5 Å². The van der Waals surface area contributed by atoms with Gasteiger partial charge in [-0.15, -0.1) is 0 Å². The van der Waals surface area contributed by atoms with Crippen LogP contribution in [0.3, 0.4) is 0 Å². The smallest absolute Gasteiger partial charge is 0.265 e. The lowest BCUT2D eigenvalue weighted by molar-refractivity contribution is 0.0448. The molecule has 2 atom stereocenters. The van der Waals surface area contributed by atoms with Crippen LogP contribution in [0.1, 0.15) is 50.0 Å². The Labute approximate surface area is 143 Å². The van der Waals surface area contributed by atoms with Crippen molar-refractivity contribution >= 4 is 5.91 Å². The number of nitrogens with one attached hydrogen (secondary N) is 2. The van der Waals surface area contributed by atoms with E-state index in [4.69, 9.17) is 9.47 Å². The molecular weight excluding hydrogens is 308 g/mol. The average molecular weight is 336 g/mol. The molecular formula is C18H28N2O4. The largest absolute Gasteiger partial charge is 0.486 e. The van der Waals surface area contributed by atoms with Crippen LogP contribution in [0.2, 0.25) is 0 Å². The maximum absolute atomic E-state index is 12.5. The number of fused-ring (bicyclic) bond motifs is 1. The molecule has 1 aromatic carbocycles. The molecule has 1 heterocycles. The zero-order valence-electron chi connectivity index (χ0n) is 15.1. The first-order chi connectivity index (χ1) is 11.3. The van der Waals surface area contributed by atoms with Crippen LogP contribution in [-0.4, -0.2) is 36.4 Å². The minimum atomic E-state index is -0.405. The van der Waals surface area contributed by atoms with Crippen LogP contribution in [0.15, 0.2) is 12.1 Å². The highest BCUT2D eigenvalue weighted by molar-refractivity contribution is 5.96. The van der Waals surface area contributed by atoms with Gasteiger partial charge in [-0.3, -0.25) is 10.2 Å². The Kier molecular flexibility index (Phi) is 5.72. The van der Waals surface area contributed by atoms with Crippen molar-refractivity contribution in [2.24, 2.45) is 5.41 Å². The number of carbonyl (C=O) groups is 1. The van der Waals surface area contributed by atoms with Crippen LogP contribution in [-0.2, 0) is 0 Å². The predicted octanol–water partition coefficient (Wildman–Crippen LogP) is 2.19. The van der Waals surface area contributed by atoms with E-state index < -0.39 is 6.10 Å². The van der Waals surface area contributed by atoms with Crippen molar-refractivity contribution in [3.05, 3.63) is 23.3 Å². The number of hydrogen-bond acceptors (Lipinski definition) is 5. The van der Waals surface area contributed by atoms with Gasteiger partial charge in [-0.25, -0.2) is 5.43 Å². The molecule has 0 saturated carbocycles. The first-order valence-electron chi connectivity index (χ1n) is 8.37. The fraction of sp³-hybridized carbons (Fsp3) is 0.611. The molecule has 1 aliphatic rings. The molecule has 1 aliphatic heterocycles. The molecule has 3 N–H and O–H groups in total. The highest BCUT2D eigenvalue weighted by atomic mass is 16.6. The van der Waals surface area contributed by atoms with Crippen molar-refractivity contribution in [3.63, 3.8) is 0 Å². The Bertz CT molecular complexity index is 595. The summed E-state index contributed by atoms with van der Waals surface area (Å²) >= 11 is 0. The van der Waals surface area contributed by atoms with Crippen molar-refractivity contribution in [2.45, 2.75) is 53.2 Å². The Morgan fingerprint density at radius 3 is 2.71 bits per heavy atom. The van der Waals surface area contributed by atoms with E-state index >= 15 is 0 Å². The van der Waals surface area contributed by atoms with E-state index in [1.807, 2.05) is 6.92 Å². The highest BCUT2D eigenvalue weighted by Gasteiger charge is 2.26. The van der Waals surface area contributed by atoms with Gasteiger partial charge in [0, 0.05) is 17.2 Å². The molecule has 0 aromatic heterocycles. The van der Waals surface area contributed by atoms with Crippen molar-refractivity contribution in [1.29, 1.82) is 0 Å². The molecule has 2 rings (SSSR count). The number of ether oxygens (including phenoxy) is 2. The van der Waals surface area contributed by atoms with Crippen molar-refractivity contribution < 1.29 is 19.4 Å². The predicted molar refractivity (Wildman–Crippen MR) is 92.3 cm³/mol. The highest BCUT2D eigenvalue weighted by Crippen LogP contribution is 2.36. The summed E-state index contributed by atoms with van der Waals surface area (Å²) in [6.45, 7) is 10.5. The van der Waals surface area contributed by atoms with E-state index in [0.717, 1.165) is 6.42 Å². The molecule has 0 bridgehead atoms. The summed E-state index contributed by atoms with van der Waals surface area (Å²) in [6.07, 6.45) is 0.500. The van der Waals surface area contributed by atoms with Crippen LogP contribution in [0.4, 0.5) is 0 Å². The molecule has 0 aliphatic carbocycles. The molecule has 6 nitrogen and oxygen atoms in total. The van der Waals surface area contributed by atoms with Gasteiger partial charge in [0.05, 0.1) is 6.61 Å². The quantitative estimate of drug-likeness (QED) is 0.718. The molecule has 24 heavy (non-hydrogen) atoms. The number of hydrogen-bond donors (Lipinski definition) is 3. The second-order valence-electron chi connectivity index (χ2n) is 7.22. The zero-order chi connectivity index (χ0) is 17.9. The van der Waals surface area contributed by atoms with E-state index in [9.17, 15) is 9.90 Å². The van der Waals surface area contributed by atoms with Crippen LogP contribution in [0.25, 0.3) is 0 Å². The summed E-state index contributed by atoms with van der Waals surface area (Å²) in [5, 5.41) is 9.24. The van der Waals surface area contributed by atoms with Gasteiger partial charge < -0.3 is 14.6 Å². The summed E-state index contributed by atoms with van der Waals surface area (Å²) < 4.78 is 11.3. The monoisotopic (exact) mass is 336 g/mol. The Hall–Kier alpha value is -1.79. The number of rotatable bonds is 5. The van der Waals surface area contributed by atoms with E-state index in [-0.39, 0.29) is 24.0 Å². The molecule has 0 saturated heterocycles. The lowest BCUT2D eigenvalue weighted by Crippen LogP contribution is -2.49. The summed E-state index contributed by atoms with van der Waals surface area (Å²) in [5.74, 6) is 0.909. The van der Waals surface area contributed by atoms with Gasteiger partial charge in [0.15, 0.2) is 17.6 Å². The zero-order valence-corrected chi connectivity index (χ0v) is 15.1. The number of amides is 1. The summed E-state index contributed by atoms with van der Waals surface area (Å²) in [7, 11) is 0. The Morgan fingerprint density at radius 1 is 1.42 bits per heavy atom. The summed E-state index contributed by atoms with van der Waals surface area (Å²) in [5.41, 5.74) is 7.18. The number of aliphatic hydroxyl groups excluding tert-OH is 1. The van der Waals surface area contributed by atoms with Crippen LogP contribution in [0.5, 0.6) is 11.5 Å². The molecule has 1 aromatic rings. The fourth-order valence-corrected chi connectivity index (χ4v) is 2.80. The minimum absolute atomic E-state index is 0.0399. The van der Waals surface area contributed by atoms with Crippen LogP contribution < -0.4 is 20.3 Å². The average Bonchev–Trinajstić information content (AvgIpc) is 2.54. The second kappa shape index (κ2) is 7.40. The van der Waals surface area contributed by atoms with Gasteiger partial charge in [0.25, 0.3) is 5.91 Å². The van der Waals surface area contributed by atoms with Crippen molar-refractivity contribution in [1.82, 2.24) is 10.9 Å². The lowest BCUT2D eigenvalue weighted by atomic mass is 9.86. The number of aliphatic hydroxyl groups is 1. The minimum Gasteiger partial charge on any atom is -0.486 e. The summed E-state index contributed by atoms with van der Waals surface area (Å²) in [4.78, 5) is 12.5. The molecule has 0 radical (unpaired) electrons. The van der Waals surface area contributed by atoms with Gasteiger partial charge in [0.2, 0.25) is 0 Å². The van der Waals surface area contributed by atoms with Gasteiger partial charge in [-0.1, -0.05) is 27.7 Å². The normalized spacial score (nSPS) is 18.2. The molecule has 1 amide bonds. The van der Waals surface area contributed by atoms with Crippen molar-refractivity contribution in [3.8, 4) is 11.5 Å². The van der Waals surface area contributed by atoms with Crippen LogP contribution >= 0.6 is 0 Å². The Morgan fingerprint density at radius 2 is 2.12 bits per heavy atom. The van der Waals surface area contributed by atoms with Gasteiger partial charge in [-0.05, 0) is 30.9 Å². The first-order valence-corrected chi connectivity index (χ1v) is 8.37. The van der Waals surface area contributed by atoms with Crippen molar-refractivity contribution in [2.75, 3.05) is 13.2 Å². The van der Waals surface area contributed by atoms with E-state index in [1.54, 1.807) is 12.1 Å². The van der Waals surface area contributed by atoms with Gasteiger partial charge in [0.1, 0.15) is 6.61 Å². The molecule has 1 unspecified atom stereocenters. The third-order valence-electron chi connectivity index (χ3n) is 4.34. The fourth-order valence-electron chi connectivity index (χ4n) is 2.80. The molecule has 0 fully saturated rings. The molecule has 6 heteroatoms. The SMILES string of the molecule is CCC(NNC(=O)c1ccc2c(c1C)O[C@@H](CO)CO2)C(C)(C)C. The van der Waals surface area contributed by atoms with E-state index in [1.165, 1.54) is 0 Å². The number of carbonyl (C=O) groups excluding carboxylic acids is 1. The van der Waals surface area contributed by atoms with E-state index in [0.29, 0.717) is 29.2 Å². The standard InChI is InChI=1S/C18H28N2O4/c1-6-15(18(3,4)5)19-20-17(22)13-7-8-14-16(11(13)2)24-12(9-21)10-23-14/h7-8,12,15,19,21H,6,9-10H2,1-5H3,(H,20,22)/t12-,15?/m0/s1. The number of hydrazine groups is 1. The first kappa shape index (κ1) is 18.5. The third kappa shape index (κ3) is 3.99. The Balaban J connectivity index is 2.13. The van der Waals surface area contributed by atoms with Gasteiger partial charge in [-0.2, -0.15) is 0 Å².